The zero-order valence-corrected chi connectivity index (χ0v) is 13.2. The van der Waals surface area contributed by atoms with E-state index in [-0.39, 0.29) is 11.7 Å². The van der Waals surface area contributed by atoms with Gasteiger partial charge in [0.1, 0.15) is 11.6 Å². The van der Waals surface area contributed by atoms with E-state index in [4.69, 9.17) is 11.6 Å². The molecule has 0 fully saturated rings. The van der Waals surface area contributed by atoms with E-state index in [1.165, 1.54) is 24.3 Å². The van der Waals surface area contributed by atoms with Gasteiger partial charge in [-0.3, -0.25) is 4.79 Å². The van der Waals surface area contributed by atoms with Crippen LogP contribution in [-0.2, 0) is 0 Å². The number of hydrogen-bond donors (Lipinski definition) is 2. The first-order valence-electron chi connectivity index (χ1n) is 7.16. The molecule has 0 aliphatic rings. The molecule has 6 heteroatoms. The van der Waals surface area contributed by atoms with Crippen LogP contribution in [0, 0.1) is 5.82 Å². The van der Waals surface area contributed by atoms with Gasteiger partial charge in [0.25, 0.3) is 5.91 Å². The van der Waals surface area contributed by atoms with Crippen LogP contribution in [0.15, 0.2) is 66.9 Å². The van der Waals surface area contributed by atoms with Crippen molar-refractivity contribution in [2.24, 2.45) is 0 Å². The lowest BCUT2D eigenvalue weighted by Gasteiger charge is -2.11. The third kappa shape index (κ3) is 3.88. The van der Waals surface area contributed by atoms with Gasteiger partial charge in [-0.25, -0.2) is 9.37 Å². The predicted octanol–water partition coefficient (Wildman–Crippen LogP) is 4.87. The standard InChI is InChI=1S/C18H13ClFN3O/c19-12-3-7-14(8-4-12)22-17-16(2-1-11-21-17)18(24)23-15-9-5-13(20)6-10-15/h1-11H,(H,21,22)(H,23,24). The Morgan fingerprint density at radius 3 is 2.33 bits per heavy atom. The second-order valence-electron chi connectivity index (χ2n) is 4.99. The molecule has 1 heterocycles. The number of hydrogen-bond acceptors (Lipinski definition) is 3. The van der Waals surface area contributed by atoms with Gasteiger partial charge < -0.3 is 10.6 Å². The van der Waals surface area contributed by atoms with Gasteiger partial charge in [0.05, 0.1) is 5.56 Å². The lowest BCUT2D eigenvalue weighted by Crippen LogP contribution is -2.14. The summed E-state index contributed by atoms with van der Waals surface area (Å²) in [7, 11) is 0. The highest BCUT2D eigenvalue weighted by molar-refractivity contribution is 6.30. The van der Waals surface area contributed by atoms with Gasteiger partial charge in [-0.15, -0.1) is 0 Å². The number of carbonyl (C=O) groups excluding carboxylic acids is 1. The average Bonchev–Trinajstić information content (AvgIpc) is 2.59. The fraction of sp³-hybridized carbons (Fsp3) is 0. The molecule has 0 saturated carbocycles. The molecule has 0 unspecified atom stereocenters. The van der Waals surface area contributed by atoms with Gasteiger partial charge in [-0.2, -0.15) is 0 Å². The number of aromatic nitrogens is 1. The molecule has 1 amide bonds. The number of pyridine rings is 1. The molecular weight excluding hydrogens is 329 g/mol. The van der Waals surface area contributed by atoms with E-state index in [0.29, 0.717) is 22.1 Å². The maximum atomic E-state index is 12.9. The summed E-state index contributed by atoms with van der Waals surface area (Å²) in [5.74, 6) is -0.287. The summed E-state index contributed by atoms with van der Waals surface area (Å²) in [5.41, 5.74) is 1.63. The van der Waals surface area contributed by atoms with Crippen molar-refractivity contribution in [2.75, 3.05) is 10.6 Å². The minimum absolute atomic E-state index is 0.342. The quantitative estimate of drug-likeness (QED) is 0.711. The molecule has 0 aliphatic carbocycles. The fourth-order valence-electron chi connectivity index (χ4n) is 2.09. The van der Waals surface area contributed by atoms with Crippen LogP contribution in [0.1, 0.15) is 10.4 Å². The molecule has 1 aromatic heterocycles. The smallest absolute Gasteiger partial charge is 0.259 e. The van der Waals surface area contributed by atoms with Gasteiger partial charge in [-0.1, -0.05) is 11.6 Å². The van der Waals surface area contributed by atoms with Crippen molar-refractivity contribution >= 4 is 34.7 Å². The number of nitrogens with zero attached hydrogens (tertiary/aromatic N) is 1. The summed E-state index contributed by atoms with van der Waals surface area (Å²) in [6.07, 6.45) is 1.59. The number of halogens is 2. The molecule has 0 spiro atoms. The SMILES string of the molecule is O=C(Nc1ccc(F)cc1)c1cccnc1Nc1ccc(Cl)cc1. The van der Waals surface area contributed by atoms with Crippen LogP contribution >= 0.6 is 11.6 Å². The molecule has 120 valence electrons. The average molecular weight is 342 g/mol. The summed E-state index contributed by atoms with van der Waals surface area (Å²) >= 11 is 5.86. The van der Waals surface area contributed by atoms with Crippen molar-refractivity contribution in [2.45, 2.75) is 0 Å². The first-order chi connectivity index (χ1) is 11.6. The fourth-order valence-corrected chi connectivity index (χ4v) is 2.22. The van der Waals surface area contributed by atoms with Gasteiger partial charge in [0, 0.05) is 22.6 Å². The van der Waals surface area contributed by atoms with E-state index in [2.05, 4.69) is 15.6 Å². The van der Waals surface area contributed by atoms with Crippen LogP contribution in [0.25, 0.3) is 0 Å². The Balaban J connectivity index is 1.81. The molecule has 2 N–H and O–H groups in total. The van der Waals surface area contributed by atoms with Gasteiger partial charge in [0.2, 0.25) is 0 Å². The molecule has 0 bridgehead atoms. The highest BCUT2D eigenvalue weighted by Gasteiger charge is 2.13. The van der Waals surface area contributed by atoms with Crippen LogP contribution in [0.5, 0.6) is 0 Å². The molecule has 3 rings (SSSR count). The lowest BCUT2D eigenvalue weighted by atomic mass is 10.2. The van der Waals surface area contributed by atoms with E-state index < -0.39 is 0 Å². The summed E-state index contributed by atoms with van der Waals surface area (Å²) in [6, 6.07) is 16.0. The largest absolute Gasteiger partial charge is 0.340 e. The highest BCUT2D eigenvalue weighted by atomic mass is 35.5. The first kappa shape index (κ1) is 16.0. The summed E-state index contributed by atoms with van der Waals surface area (Å²) in [4.78, 5) is 16.7. The van der Waals surface area contributed by atoms with Crippen LogP contribution in [0.3, 0.4) is 0 Å². The normalized spacial score (nSPS) is 10.2. The van der Waals surface area contributed by atoms with E-state index in [1.54, 1.807) is 42.6 Å². The molecular formula is C18H13ClFN3O. The van der Waals surface area contributed by atoms with E-state index in [1.807, 2.05) is 0 Å². The molecule has 4 nitrogen and oxygen atoms in total. The third-order valence-electron chi connectivity index (χ3n) is 3.26. The predicted molar refractivity (Wildman–Crippen MR) is 93.3 cm³/mol. The number of carbonyl (C=O) groups is 1. The Bertz CT molecular complexity index is 851. The zero-order chi connectivity index (χ0) is 16.9. The summed E-state index contributed by atoms with van der Waals surface area (Å²) < 4.78 is 12.9. The molecule has 24 heavy (non-hydrogen) atoms. The zero-order valence-electron chi connectivity index (χ0n) is 12.5. The van der Waals surface area contributed by atoms with E-state index in [9.17, 15) is 9.18 Å². The van der Waals surface area contributed by atoms with Gasteiger partial charge in [0.15, 0.2) is 0 Å². The van der Waals surface area contributed by atoms with Gasteiger partial charge >= 0.3 is 0 Å². The van der Waals surface area contributed by atoms with E-state index in [0.717, 1.165) is 5.69 Å². The number of benzene rings is 2. The summed E-state index contributed by atoms with van der Waals surface area (Å²) in [6.45, 7) is 0. The topological polar surface area (TPSA) is 54.0 Å². The molecule has 2 aromatic carbocycles. The number of rotatable bonds is 4. The number of nitrogens with one attached hydrogen (secondary N) is 2. The first-order valence-corrected chi connectivity index (χ1v) is 7.54. The number of anilines is 3. The van der Waals surface area contributed by atoms with Crippen LogP contribution < -0.4 is 10.6 Å². The van der Waals surface area contributed by atoms with Crippen molar-refractivity contribution in [3.63, 3.8) is 0 Å². The van der Waals surface area contributed by atoms with E-state index >= 15 is 0 Å². The number of amides is 1. The molecule has 0 saturated heterocycles. The Morgan fingerprint density at radius 1 is 0.958 bits per heavy atom. The minimum atomic E-state index is -0.362. The van der Waals surface area contributed by atoms with Crippen molar-refractivity contribution in [1.29, 1.82) is 0 Å². The Morgan fingerprint density at radius 2 is 1.62 bits per heavy atom. The highest BCUT2D eigenvalue weighted by Crippen LogP contribution is 2.21. The second kappa shape index (κ2) is 7.10. The van der Waals surface area contributed by atoms with Crippen molar-refractivity contribution < 1.29 is 9.18 Å². The maximum absolute atomic E-state index is 12.9. The lowest BCUT2D eigenvalue weighted by molar-refractivity contribution is 0.102. The Hall–Kier alpha value is -2.92. The molecule has 0 atom stereocenters. The Kier molecular flexibility index (Phi) is 4.72. The van der Waals surface area contributed by atoms with Gasteiger partial charge in [-0.05, 0) is 60.7 Å². The summed E-state index contributed by atoms with van der Waals surface area (Å²) in [5, 5.41) is 6.42. The second-order valence-corrected chi connectivity index (χ2v) is 5.43. The third-order valence-corrected chi connectivity index (χ3v) is 3.51. The maximum Gasteiger partial charge on any atom is 0.259 e. The van der Waals surface area contributed by atoms with Crippen molar-refractivity contribution in [1.82, 2.24) is 4.98 Å². The monoisotopic (exact) mass is 341 g/mol. The Labute approximate surface area is 143 Å². The van der Waals surface area contributed by atoms with Crippen molar-refractivity contribution in [3.05, 3.63) is 83.3 Å². The van der Waals surface area contributed by atoms with Crippen molar-refractivity contribution in [3.8, 4) is 0 Å². The molecule has 0 aliphatic heterocycles. The minimum Gasteiger partial charge on any atom is -0.340 e. The van der Waals surface area contributed by atoms with Crippen LogP contribution in [0.4, 0.5) is 21.6 Å². The van der Waals surface area contributed by atoms with Crippen LogP contribution in [0.2, 0.25) is 5.02 Å². The van der Waals surface area contributed by atoms with Crippen LogP contribution in [-0.4, -0.2) is 10.9 Å². The molecule has 3 aromatic rings. The molecule has 0 radical (unpaired) electrons.